The van der Waals surface area contributed by atoms with Crippen LogP contribution >= 0.6 is 11.8 Å². The molecule has 1 unspecified atom stereocenters. The predicted octanol–water partition coefficient (Wildman–Crippen LogP) is 2.67. The summed E-state index contributed by atoms with van der Waals surface area (Å²) in [5.41, 5.74) is 0.243. The van der Waals surface area contributed by atoms with Crippen molar-refractivity contribution in [2.45, 2.75) is 50.6 Å². The van der Waals surface area contributed by atoms with E-state index in [0.29, 0.717) is 11.1 Å². The van der Waals surface area contributed by atoms with Gasteiger partial charge < -0.3 is 5.11 Å². The fraction of sp³-hybridized carbons (Fsp3) is 0.750. The molecule has 1 aliphatic carbocycles. The van der Waals surface area contributed by atoms with E-state index in [1.54, 1.807) is 0 Å². The van der Waals surface area contributed by atoms with Crippen LogP contribution < -0.4 is 0 Å². The van der Waals surface area contributed by atoms with Gasteiger partial charge in [-0.3, -0.25) is 9.89 Å². The highest BCUT2D eigenvalue weighted by atomic mass is 32.2. The summed E-state index contributed by atoms with van der Waals surface area (Å²) in [5.74, 6) is 0.473. The number of aromatic nitrogens is 3. The zero-order valence-electron chi connectivity index (χ0n) is 10.8. The van der Waals surface area contributed by atoms with Gasteiger partial charge in [-0.25, -0.2) is 4.98 Å². The maximum Gasteiger partial charge on any atom is 0.313 e. The number of carboxylic acids is 1. The fourth-order valence-electron chi connectivity index (χ4n) is 2.61. The second kappa shape index (κ2) is 5.30. The van der Waals surface area contributed by atoms with Crippen LogP contribution in [0, 0.1) is 5.41 Å². The summed E-state index contributed by atoms with van der Waals surface area (Å²) in [7, 11) is 0. The van der Waals surface area contributed by atoms with E-state index in [-0.39, 0.29) is 11.2 Å². The molecular weight excluding hydrogens is 250 g/mol. The number of hydrogen-bond acceptors (Lipinski definition) is 4. The number of carboxylic acid groups (broad SMARTS) is 1. The van der Waals surface area contributed by atoms with Gasteiger partial charge in [0.2, 0.25) is 5.16 Å². The fourth-order valence-corrected chi connectivity index (χ4v) is 3.13. The van der Waals surface area contributed by atoms with Crippen molar-refractivity contribution in [3.63, 3.8) is 0 Å². The van der Waals surface area contributed by atoms with Gasteiger partial charge in [-0.2, -0.15) is 0 Å². The van der Waals surface area contributed by atoms with E-state index in [4.69, 9.17) is 5.11 Å². The molecule has 1 saturated carbocycles. The van der Waals surface area contributed by atoms with Crippen molar-refractivity contribution in [2.75, 3.05) is 5.75 Å². The first kappa shape index (κ1) is 13.4. The van der Waals surface area contributed by atoms with Crippen LogP contribution in [0.1, 0.15) is 51.3 Å². The Labute approximate surface area is 111 Å². The normalized spacial score (nSPS) is 22.9. The molecule has 0 saturated heterocycles. The molecule has 0 aromatic carbocycles. The first-order valence-electron chi connectivity index (χ1n) is 6.26. The smallest absolute Gasteiger partial charge is 0.313 e. The molecule has 0 bridgehead atoms. The Kier molecular flexibility index (Phi) is 3.94. The molecule has 0 aliphatic heterocycles. The second-order valence-electron chi connectivity index (χ2n) is 5.47. The molecule has 0 spiro atoms. The van der Waals surface area contributed by atoms with Crippen molar-refractivity contribution >= 4 is 17.7 Å². The van der Waals surface area contributed by atoms with E-state index < -0.39 is 5.97 Å². The summed E-state index contributed by atoms with van der Waals surface area (Å²) >= 11 is 1.16. The van der Waals surface area contributed by atoms with E-state index in [0.717, 1.165) is 24.0 Å². The van der Waals surface area contributed by atoms with Gasteiger partial charge in [0.05, 0.1) is 5.75 Å². The maximum absolute atomic E-state index is 10.5. The van der Waals surface area contributed by atoms with Crippen molar-refractivity contribution in [3.8, 4) is 0 Å². The zero-order valence-corrected chi connectivity index (χ0v) is 11.6. The number of hydrogen-bond donors (Lipinski definition) is 2. The van der Waals surface area contributed by atoms with Crippen molar-refractivity contribution in [1.29, 1.82) is 0 Å². The maximum atomic E-state index is 10.5. The van der Waals surface area contributed by atoms with Crippen LogP contribution in [0.4, 0.5) is 0 Å². The molecule has 1 aromatic heterocycles. The number of rotatable bonds is 4. The van der Waals surface area contributed by atoms with Crippen LogP contribution in [-0.2, 0) is 4.79 Å². The largest absolute Gasteiger partial charge is 0.481 e. The van der Waals surface area contributed by atoms with Gasteiger partial charge in [-0.1, -0.05) is 38.5 Å². The molecule has 1 aliphatic rings. The van der Waals surface area contributed by atoms with Crippen LogP contribution in [0.25, 0.3) is 0 Å². The monoisotopic (exact) mass is 269 g/mol. The van der Waals surface area contributed by atoms with Crippen LogP contribution in [0.3, 0.4) is 0 Å². The van der Waals surface area contributed by atoms with Crippen LogP contribution in [0.15, 0.2) is 5.16 Å². The average molecular weight is 269 g/mol. The van der Waals surface area contributed by atoms with Crippen molar-refractivity contribution in [2.24, 2.45) is 5.41 Å². The van der Waals surface area contributed by atoms with Crippen LogP contribution in [0.2, 0.25) is 0 Å². The molecule has 0 radical (unpaired) electrons. The first-order valence-corrected chi connectivity index (χ1v) is 7.24. The lowest BCUT2D eigenvalue weighted by Crippen LogP contribution is -2.26. The molecule has 1 fully saturated rings. The number of nitrogens with one attached hydrogen (secondary N) is 1. The minimum atomic E-state index is -0.843. The lowest BCUT2D eigenvalue weighted by molar-refractivity contribution is -0.133. The van der Waals surface area contributed by atoms with Gasteiger partial charge in [-0.15, -0.1) is 5.10 Å². The van der Waals surface area contributed by atoms with Gasteiger partial charge in [0.1, 0.15) is 5.82 Å². The summed E-state index contributed by atoms with van der Waals surface area (Å²) in [5, 5.41) is 16.2. The standard InChI is InChI=1S/C12H19N3O2S/c1-12(2)6-4-3-5-8(12)10-13-11(15-14-10)18-7-9(16)17/h8H,3-7H2,1-2H3,(H,16,17)(H,13,14,15). The Morgan fingerprint density at radius 3 is 3.00 bits per heavy atom. The Hall–Kier alpha value is -1.04. The third-order valence-corrected chi connectivity index (χ3v) is 4.48. The number of nitrogens with zero attached hydrogens (tertiary/aromatic N) is 2. The van der Waals surface area contributed by atoms with Crippen LogP contribution in [0.5, 0.6) is 0 Å². The lowest BCUT2D eigenvalue weighted by atomic mass is 9.68. The highest BCUT2D eigenvalue weighted by Gasteiger charge is 2.35. The number of aromatic amines is 1. The van der Waals surface area contributed by atoms with E-state index >= 15 is 0 Å². The van der Waals surface area contributed by atoms with Gasteiger partial charge in [0, 0.05) is 5.92 Å². The van der Waals surface area contributed by atoms with Crippen molar-refractivity contribution in [1.82, 2.24) is 15.2 Å². The number of aliphatic carboxylic acids is 1. The van der Waals surface area contributed by atoms with E-state index in [1.807, 2.05) is 0 Å². The van der Waals surface area contributed by atoms with Crippen molar-refractivity contribution < 1.29 is 9.90 Å². The SMILES string of the molecule is CC1(C)CCCCC1c1nc(SCC(=O)O)n[nH]1. The summed E-state index contributed by atoms with van der Waals surface area (Å²) < 4.78 is 0. The first-order chi connectivity index (χ1) is 8.49. The highest BCUT2D eigenvalue weighted by Crippen LogP contribution is 2.45. The topological polar surface area (TPSA) is 78.9 Å². The van der Waals surface area contributed by atoms with E-state index in [1.165, 1.54) is 19.3 Å². The third kappa shape index (κ3) is 3.04. The molecule has 2 N–H and O–H groups in total. The molecular formula is C12H19N3O2S. The molecule has 1 heterocycles. The van der Waals surface area contributed by atoms with Gasteiger partial charge >= 0.3 is 5.97 Å². The minimum absolute atomic E-state index is 0.00531. The highest BCUT2D eigenvalue weighted by molar-refractivity contribution is 7.99. The molecule has 100 valence electrons. The van der Waals surface area contributed by atoms with Gasteiger partial charge in [-0.05, 0) is 18.3 Å². The van der Waals surface area contributed by atoms with Crippen molar-refractivity contribution in [3.05, 3.63) is 5.82 Å². The Balaban J connectivity index is 2.06. The van der Waals surface area contributed by atoms with E-state index in [9.17, 15) is 4.79 Å². The second-order valence-corrected chi connectivity index (χ2v) is 6.42. The molecule has 1 atom stereocenters. The van der Waals surface area contributed by atoms with Gasteiger partial charge in [0.15, 0.2) is 0 Å². The minimum Gasteiger partial charge on any atom is -0.481 e. The Morgan fingerprint density at radius 2 is 2.33 bits per heavy atom. The number of H-pyrrole nitrogens is 1. The Morgan fingerprint density at radius 1 is 1.56 bits per heavy atom. The average Bonchev–Trinajstić information content (AvgIpc) is 2.74. The quantitative estimate of drug-likeness (QED) is 0.821. The molecule has 2 rings (SSSR count). The Bertz CT molecular complexity index is 431. The molecule has 1 aromatic rings. The number of carbonyl (C=O) groups is 1. The van der Waals surface area contributed by atoms with E-state index in [2.05, 4.69) is 29.0 Å². The lowest BCUT2D eigenvalue weighted by Gasteiger charge is -2.37. The molecule has 6 heteroatoms. The molecule has 5 nitrogen and oxygen atoms in total. The van der Waals surface area contributed by atoms with Crippen LogP contribution in [-0.4, -0.2) is 32.0 Å². The molecule has 18 heavy (non-hydrogen) atoms. The summed E-state index contributed by atoms with van der Waals surface area (Å²) in [4.78, 5) is 14.9. The number of thioether (sulfide) groups is 1. The third-order valence-electron chi connectivity index (χ3n) is 3.64. The zero-order chi connectivity index (χ0) is 13.2. The predicted molar refractivity (Wildman–Crippen MR) is 69.7 cm³/mol. The summed E-state index contributed by atoms with van der Waals surface area (Å²) in [6, 6.07) is 0. The summed E-state index contributed by atoms with van der Waals surface area (Å²) in [6.45, 7) is 4.53. The van der Waals surface area contributed by atoms with Gasteiger partial charge in [0.25, 0.3) is 0 Å². The molecule has 0 amide bonds. The summed E-state index contributed by atoms with van der Waals surface area (Å²) in [6.07, 6.45) is 4.84.